The van der Waals surface area contributed by atoms with Gasteiger partial charge in [0.15, 0.2) is 11.5 Å². The summed E-state index contributed by atoms with van der Waals surface area (Å²) in [4.78, 5) is 49.6. The summed E-state index contributed by atoms with van der Waals surface area (Å²) in [6.45, 7) is 5.65. The highest BCUT2D eigenvalue weighted by Crippen LogP contribution is 2.17. The van der Waals surface area contributed by atoms with E-state index in [4.69, 9.17) is 18.9 Å². The highest BCUT2D eigenvalue weighted by atomic mass is 16.5. The molecule has 0 aliphatic rings. The van der Waals surface area contributed by atoms with E-state index >= 15 is 0 Å². The molecule has 2 rings (SSSR count). The van der Waals surface area contributed by atoms with Crippen LogP contribution in [0.25, 0.3) is 0 Å². The lowest BCUT2D eigenvalue weighted by molar-refractivity contribution is -0.135. The molecule has 0 saturated heterocycles. The number of hydrogen-bond acceptors (Lipinski definition) is 8. The highest BCUT2D eigenvalue weighted by Gasteiger charge is 2.10. The van der Waals surface area contributed by atoms with Crippen LogP contribution in [0.15, 0.2) is 58.1 Å². The van der Waals surface area contributed by atoms with Crippen LogP contribution in [0.1, 0.15) is 174 Å². The molecule has 0 aliphatic heterocycles. The third kappa shape index (κ3) is 23.6. The first-order valence-corrected chi connectivity index (χ1v) is 20.9. The minimum Gasteiger partial charge on any atom is -0.494 e. The van der Waals surface area contributed by atoms with Gasteiger partial charge >= 0.3 is 11.9 Å². The Labute approximate surface area is 319 Å². The quantitative estimate of drug-likeness (QED) is 0.0540. The van der Waals surface area contributed by atoms with E-state index in [0.717, 1.165) is 44.9 Å². The monoisotopic (exact) mass is 736 g/mol. The SMILES string of the molecule is CCCCCCCCCCCOc1ccc(OC(=O)CCCCCCCC(=O)Oc2ccc(OCCCCCCCCCCC)ccc2=O)c(=O)cc1. The van der Waals surface area contributed by atoms with Crippen molar-refractivity contribution >= 4 is 11.9 Å². The largest absolute Gasteiger partial charge is 0.494 e. The van der Waals surface area contributed by atoms with E-state index in [9.17, 15) is 19.2 Å². The Kier molecular flexibility index (Phi) is 26.4. The van der Waals surface area contributed by atoms with E-state index in [0.29, 0.717) is 37.6 Å². The lowest BCUT2D eigenvalue weighted by Gasteiger charge is -2.05. The first-order valence-electron chi connectivity index (χ1n) is 20.9. The van der Waals surface area contributed by atoms with Crippen LogP contribution >= 0.6 is 0 Å². The fourth-order valence-electron chi connectivity index (χ4n) is 6.05. The predicted molar refractivity (Wildman–Crippen MR) is 214 cm³/mol. The Balaban J connectivity index is 1.55. The van der Waals surface area contributed by atoms with Crippen LogP contribution in [0.5, 0.6) is 23.0 Å². The molecule has 0 spiro atoms. The summed E-state index contributed by atoms with van der Waals surface area (Å²) >= 11 is 0. The summed E-state index contributed by atoms with van der Waals surface area (Å²) in [6, 6.07) is 12.3. The first-order chi connectivity index (χ1) is 25.9. The second-order valence-corrected chi connectivity index (χ2v) is 14.2. The van der Waals surface area contributed by atoms with Crippen molar-refractivity contribution in [3.63, 3.8) is 0 Å². The van der Waals surface area contributed by atoms with Gasteiger partial charge in [-0.15, -0.1) is 0 Å². The lowest BCUT2D eigenvalue weighted by Crippen LogP contribution is -2.13. The minimum atomic E-state index is -0.449. The van der Waals surface area contributed by atoms with Crippen molar-refractivity contribution in [3.05, 3.63) is 69.0 Å². The Hall–Kier alpha value is -3.68. The summed E-state index contributed by atoms with van der Waals surface area (Å²) in [5, 5.41) is 0. The number of ether oxygens (including phenoxy) is 4. The van der Waals surface area contributed by atoms with Gasteiger partial charge in [-0.3, -0.25) is 19.2 Å². The zero-order valence-electron chi connectivity index (χ0n) is 33.0. The van der Waals surface area contributed by atoms with Gasteiger partial charge in [0.25, 0.3) is 0 Å². The molecule has 0 heterocycles. The molecule has 0 aromatic heterocycles. The van der Waals surface area contributed by atoms with Gasteiger partial charge in [-0.25, -0.2) is 0 Å². The van der Waals surface area contributed by atoms with E-state index < -0.39 is 11.9 Å². The number of esters is 2. The molecule has 0 atom stereocenters. The molecule has 0 saturated carbocycles. The fourth-order valence-corrected chi connectivity index (χ4v) is 6.05. The number of rotatable bonds is 32. The standard InChI is InChI=1S/C45H68O8/c1-3-5-7-9-11-13-15-20-24-36-50-38-28-32-40(46)42(34-30-38)52-44(48)26-22-18-17-19-23-27-45(49)53-43-35-31-39(29-33-41(43)47)51-37-25-21-16-14-12-10-8-6-4-2/h28-35H,3-27,36-37H2,1-2H3. The second kappa shape index (κ2) is 30.7. The van der Waals surface area contributed by atoms with E-state index in [-0.39, 0.29) is 35.2 Å². The maximum absolute atomic E-state index is 12.4. The van der Waals surface area contributed by atoms with Gasteiger partial charge in [-0.1, -0.05) is 136 Å². The Bertz CT molecular complexity index is 1290. The average molecular weight is 737 g/mol. The molecule has 0 fully saturated rings. The third-order valence-corrected chi connectivity index (χ3v) is 9.32. The molecule has 2 aromatic rings. The maximum Gasteiger partial charge on any atom is 0.311 e. The van der Waals surface area contributed by atoms with Gasteiger partial charge in [0.2, 0.25) is 10.9 Å². The van der Waals surface area contributed by atoms with Crippen LogP contribution in [0.2, 0.25) is 0 Å². The molecule has 0 unspecified atom stereocenters. The molecule has 0 N–H and O–H groups in total. The first kappa shape index (κ1) is 45.5. The molecular weight excluding hydrogens is 668 g/mol. The van der Waals surface area contributed by atoms with E-state index in [1.807, 2.05) is 0 Å². The van der Waals surface area contributed by atoms with Gasteiger partial charge in [0, 0.05) is 12.8 Å². The summed E-state index contributed by atoms with van der Waals surface area (Å²) in [5.41, 5.74) is -0.732. The van der Waals surface area contributed by atoms with E-state index in [1.165, 1.54) is 114 Å². The van der Waals surface area contributed by atoms with Crippen molar-refractivity contribution in [3.8, 4) is 23.0 Å². The summed E-state index contributed by atoms with van der Waals surface area (Å²) < 4.78 is 22.3. The highest BCUT2D eigenvalue weighted by molar-refractivity contribution is 5.72. The molecule has 2 aromatic carbocycles. The average Bonchev–Trinajstić information content (AvgIpc) is 3.43. The van der Waals surface area contributed by atoms with E-state index in [1.54, 1.807) is 24.3 Å². The summed E-state index contributed by atoms with van der Waals surface area (Å²) in [7, 11) is 0. The molecular formula is C45H68O8. The molecule has 8 nitrogen and oxygen atoms in total. The van der Waals surface area contributed by atoms with Gasteiger partial charge < -0.3 is 18.9 Å². The Morgan fingerprint density at radius 3 is 1.06 bits per heavy atom. The molecule has 0 amide bonds. The van der Waals surface area contributed by atoms with Crippen molar-refractivity contribution in [1.29, 1.82) is 0 Å². The van der Waals surface area contributed by atoms with Crippen molar-refractivity contribution < 1.29 is 28.5 Å². The molecule has 0 radical (unpaired) electrons. The van der Waals surface area contributed by atoms with Crippen molar-refractivity contribution in [1.82, 2.24) is 0 Å². The van der Waals surface area contributed by atoms with Gasteiger partial charge in [0.1, 0.15) is 11.5 Å². The Morgan fingerprint density at radius 2 is 0.698 bits per heavy atom. The number of carbonyl (C=O) groups is 2. The minimum absolute atomic E-state index is 0.00230. The molecule has 0 bridgehead atoms. The van der Waals surface area contributed by atoms with Crippen LogP contribution in [0, 0.1) is 0 Å². The van der Waals surface area contributed by atoms with Crippen molar-refractivity contribution in [2.75, 3.05) is 13.2 Å². The zero-order chi connectivity index (χ0) is 38.2. The van der Waals surface area contributed by atoms with Crippen LogP contribution in [-0.2, 0) is 9.59 Å². The van der Waals surface area contributed by atoms with Gasteiger partial charge in [-0.05, 0) is 74.2 Å². The summed E-state index contributed by atoms with van der Waals surface area (Å²) in [6.07, 6.45) is 26.3. The molecule has 296 valence electrons. The zero-order valence-corrected chi connectivity index (χ0v) is 33.0. The van der Waals surface area contributed by atoms with E-state index in [2.05, 4.69) is 13.8 Å². The third-order valence-electron chi connectivity index (χ3n) is 9.32. The van der Waals surface area contributed by atoms with Gasteiger partial charge in [0.05, 0.1) is 13.2 Å². The predicted octanol–water partition coefficient (Wildman–Crippen LogP) is 11.5. The van der Waals surface area contributed by atoms with Crippen LogP contribution in [0.4, 0.5) is 0 Å². The molecule has 8 heteroatoms. The fraction of sp³-hybridized carbons (Fsp3) is 0.644. The van der Waals surface area contributed by atoms with Crippen molar-refractivity contribution in [2.24, 2.45) is 0 Å². The molecule has 53 heavy (non-hydrogen) atoms. The normalized spacial score (nSPS) is 10.9. The van der Waals surface area contributed by atoms with Crippen LogP contribution < -0.4 is 29.8 Å². The number of hydrogen-bond donors (Lipinski definition) is 0. The Morgan fingerprint density at radius 1 is 0.396 bits per heavy atom. The second-order valence-electron chi connectivity index (χ2n) is 14.2. The van der Waals surface area contributed by atoms with Crippen molar-refractivity contribution in [2.45, 2.75) is 174 Å². The van der Waals surface area contributed by atoms with Crippen LogP contribution in [0.3, 0.4) is 0 Å². The number of unbranched alkanes of at least 4 members (excludes halogenated alkanes) is 20. The lowest BCUT2D eigenvalue weighted by atomic mass is 10.1. The van der Waals surface area contributed by atoms with Gasteiger partial charge in [-0.2, -0.15) is 0 Å². The van der Waals surface area contributed by atoms with Crippen LogP contribution in [-0.4, -0.2) is 25.2 Å². The number of carbonyl (C=O) groups excluding carboxylic acids is 2. The summed E-state index contributed by atoms with van der Waals surface area (Å²) in [5.74, 6) is 0.261. The topological polar surface area (TPSA) is 105 Å². The smallest absolute Gasteiger partial charge is 0.311 e. The maximum atomic E-state index is 12.4. The molecule has 0 aliphatic carbocycles.